The number of methoxy groups -OCH3 is 3. The number of ether oxygens (including phenoxy) is 3. The molecule has 0 N–H and O–H groups in total. The van der Waals surface area contributed by atoms with Crippen LogP contribution in [0, 0.1) is 0 Å². The second kappa shape index (κ2) is 7.66. The molecular formula is C20H21NO4S. The monoisotopic (exact) mass is 371 g/mol. The van der Waals surface area contributed by atoms with Gasteiger partial charge in [-0.15, -0.1) is 0 Å². The van der Waals surface area contributed by atoms with Crippen LogP contribution in [0.25, 0.3) is 17.0 Å². The van der Waals surface area contributed by atoms with Crippen molar-refractivity contribution in [3.05, 3.63) is 53.6 Å². The minimum Gasteiger partial charge on any atom is -0.493 e. The molecule has 1 atom stereocenters. The third-order valence-corrected chi connectivity index (χ3v) is 5.29. The van der Waals surface area contributed by atoms with Gasteiger partial charge in [0.15, 0.2) is 11.5 Å². The SMILES string of the molecule is COc1cc(S(=O)/C=C/c2cccc3c2ccn3C)cc(OC)c1OC. The lowest BCUT2D eigenvalue weighted by molar-refractivity contribution is 0.323. The summed E-state index contributed by atoms with van der Waals surface area (Å²) in [4.78, 5) is 0.580. The second-order valence-electron chi connectivity index (χ2n) is 5.67. The summed E-state index contributed by atoms with van der Waals surface area (Å²) in [5.41, 5.74) is 2.15. The van der Waals surface area contributed by atoms with Crippen molar-refractivity contribution in [1.29, 1.82) is 0 Å². The van der Waals surface area contributed by atoms with E-state index in [9.17, 15) is 4.21 Å². The molecule has 0 aliphatic carbocycles. The fraction of sp³-hybridized carbons (Fsp3) is 0.200. The first kappa shape index (κ1) is 18.1. The molecule has 0 aliphatic rings. The maximum absolute atomic E-state index is 12.8. The summed E-state index contributed by atoms with van der Waals surface area (Å²) < 4.78 is 30.8. The van der Waals surface area contributed by atoms with Gasteiger partial charge in [-0.3, -0.25) is 0 Å². The van der Waals surface area contributed by atoms with Gasteiger partial charge in [0.2, 0.25) is 5.75 Å². The summed E-state index contributed by atoms with van der Waals surface area (Å²) in [7, 11) is 5.26. The molecule has 26 heavy (non-hydrogen) atoms. The average Bonchev–Trinajstić information content (AvgIpc) is 3.06. The van der Waals surface area contributed by atoms with E-state index in [1.54, 1.807) is 17.5 Å². The van der Waals surface area contributed by atoms with Gasteiger partial charge >= 0.3 is 0 Å². The van der Waals surface area contributed by atoms with E-state index in [0.717, 1.165) is 16.5 Å². The number of aryl methyl sites for hydroxylation is 1. The van der Waals surface area contributed by atoms with Crippen molar-refractivity contribution in [2.75, 3.05) is 21.3 Å². The Bertz CT molecular complexity index is 966. The Hall–Kier alpha value is -2.73. The largest absolute Gasteiger partial charge is 0.493 e. The lowest BCUT2D eigenvalue weighted by Gasteiger charge is -2.13. The zero-order valence-electron chi connectivity index (χ0n) is 15.2. The quantitative estimate of drug-likeness (QED) is 0.658. The van der Waals surface area contributed by atoms with Crippen LogP contribution < -0.4 is 14.2 Å². The summed E-state index contributed by atoms with van der Waals surface area (Å²) in [5.74, 6) is 1.44. The van der Waals surface area contributed by atoms with E-state index in [1.165, 1.54) is 21.3 Å². The van der Waals surface area contributed by atoms with Crippen molar-refractivity contribution >= 4 is 27.8 Å². The minimum atomic E-state index is -1.36. The van der Waals surface area contributed by atoms with Gasteiger partial charge in [0, 0.05) is 41.7 Å². The molecule has 1 aromatic heterocycles. The topological polar surface area (TPSA) is 49.7 Å². The van der Waals surface area contributed by atoms with Crippen molar-refractivity contribution in [3.63, 3.8) is 0 Å². The molecule has 3 rings (SSSR count). The molecule has 1 heterocycles. The van der Waals surface area contributed by atoms with Gasteiger partial charge in [0.05, 0.1) is 37.0 Å². The normalized spacial score (nSPS) is 12.5. The van der Waals surface area contributed by atoms with Crippen LogP contribution in [0.4, 0.5) is 0 Å². The van der Waals surface area contributed by atoms with Crippen LogP contribution in [-0.2, 0) is 17.8 Å². The Morgan fingerprint density at radius 1 is 1.00 bits per heavy atom. The molecule has 0 spiro atoms. The van der Waals surface area contributed by atoms with Crippen molar-refractivity contribution < 1.29 is 18.4 Å². The Labute approximate surface area is 155 Å². The maximum atomic E-state index is 12.8. The lowest BCUT2D eigenvalue weighted by atomic mass is 10.1. The van der Waals surface area contributed by atoms with Crippen molar-refractivity contribution in [2.45, 2.75) is 4.90 Å². The fourth-order valence-corrected chi connectivity index (χ4v) is 3.73. The average molecular weight is 371 g/mol. The van der Waals surface area contributed by atoms with Crippen LogP contribution in [-0.4, -0.2) is 30.1 Å². The number of benzene rings is 2. The first-order valence-corrected chi connectivity index (χ1v) is 9.23. The fourth-order valence-electron chi connectivity index (χ4n) is 2.86. The third-order valence-electron chi connectivity index (χ3n) is 4.20. The van der Waals surface area contributed by atoms with E-state index in [0.29, 0.717) is 22.1 Å². The van der Waals surface area contributed by atoms with Gasteiger partial charge in [-0.05, 0) is 23.8 Å². The highest BCUT2D eigenvalue weighted by molar-refractivity contribution is 7.88. The Balaban J connectivity index is 1.95. The third kappa shape index (κ3) is 3.32. The van der Waals surface area contributed by atoms with Crippen LogP contribution in [0.1, 0.15) is 5.56 Å². The summed E-state index contributed by atoms with van der Waals surface area (Å²) in [6.07, 6.45) is 3.89. The van der Waals surface area contributed by atoms with Crippen LogP contribution in [0.3, 0.4) is 0 Å². The first-order valence-electron chi connectivity index (χ1n) is 8.02. The van der Waals surface area contributed by atoms with E-state index in [1.807, 2.05) is 31.5 Å². The number of fused-ring (bicyclic) bond motifs is 1. The maximum Gasteiger partial charge on any atom is 0.203 e. The summed E-state index contributed by atoms with van der Waals surface area (Å²) in [5, 5.41) is 2.79. The van der Waals surface area contributed by atoms with E-state index in [-0.39, 0.29) is 0 Å². The van der Waals surface area contributed by atoms with E-state index in [4.69, 9.17) is 14.2 Å². The Morgan fingerprint density at radius 3 is 2.31 bits per heavy atom. The number of hydrogen-bond donors (Lipinski definition) is 0. The van der Waals surface area contributed by atoms with Gasteiger partial charge in [-0.2, -0.15) is 0 Å². The first-order chi connectivity index (χ1) is 12.6. The smallest absolute Gasteiger partial charge is 0.203 e. The number of aromatic nitrogens is 1. The molecule has 1 unspecified atom stereocenters. The molecule has 0 amide bonds. The summed E-state index contributed by atoms with van der Waals surface area (Å²) in [6.45, 7) is 0. The van der Waals surface area contributed by atoms with E-state index >= 15 is 0 Å². The molecule has 0 fully saturated rings. The number of rotatable bonds is 6. The van der Waals surface area contributed by atoms with Crippen LogP contribution in [0.15, 0.2) is 52.9 Å². The molecule has 0 radical (unpaired) electrons. The van der Waals surface area contributed by atoms with Gasteiger partial charge in [0.25, 0.3) is 0 Å². The van der Waals surface area contributed by atoms with Crippen LogP contribution in [0.5, 0.6) is 17.2 Å². The zero-order valence-corrected chi connectivity index (χ0v) is 16.0. The molecule has 0 saturated heterocycles. The van der Waals surface area contributed by atoms with Gasteiger partial charge < -0.3 is 18.8 Å². The molecule has 5 nitrogen and oxygen atoms in total. The predicted molar refractivity (Wildman–Crippen MR) is 104 cm³/mol. The van der Waals surface area contributed by atoms with Crippen LogP contribution in [0.2, 0.25) is 0 Å². The number of hydrogen-bond acceptors (Lipinski definition) is 4. The van der Waals surface area contributed by atoms with Gasteiger partial charge in [0.1, 0.15) is 0 Å². The van der Waals surface area contributed by atoms with Crippen LogP contribution >= 0.6 is 0 Å². The van der Waals surface area contributed by atoms with Gasteiger partial charge in [-0.1, -0.05) is 12.1 Å². The minimum absolute atomic E-state index is 0.480. The summed E-state index contributed by atoms with van der Waals surface area (Å²) in [6, 6.07) is 11.5. The zero-order chi connectivity index (χ0) is 18.7. The highest BCUT2D eigenvalue weighted by atomic mass is 32.2. The molecular weight excluding hydrogens is 350 g/mol. The highest BCUT2D eigenvalue weighted by Crippen LogP contribution is 2.39. The molecule has 0 aliphatic heterocycles. The molecule has 0 saturated carbocycles. The number of nitrogens with zero attached hydrogens (tertiary/aromatic N) is 1. The molecule has 0 bridgehead atoms. The van der Waals surface area contributed by atoms with E-state index < -0.39 is 10.8 Å². The highest BCUT2D eigenvalue weighted by Gasteiger charge is 2.15. The second-order valence-corrected chi connectivity index (χ2v) is 7.01. The molecule has 6 heteroatoms. The van der Waals surface area contributed by atoms with Crippen molar-refractivity contribution in [2.24, 2.45) is 7.05 Å². The molecule has 2 aromatic carbocycles. The van der Waals surface area contributed by atoms with Crippen molar-refractivity contribution in [3.8, 4) is 17.2 Å². The van der Waals surface area contributed by atoms with E-state index in [2.05, 4.69) is 16.7 Å². The van der Waals surface area contributed by atoms with Crippen molar-refractivity contribution in [1.82, 2.24) is 4.57 Å². The van der Waals surface area contributed by atoms with Gasteiger partial charge in [-0.25, -0.2) is 4.21 Å². The lowest BCUT2D eigenvalue weighted by Crippen LogP contribution is -1.97. The Kier molecular flexibility index (Phi) is 5.32. The summed E-state index contributed by atoms with van der Waals surface area (Å²) >= 11 is 0. The predicted octanol–water partition coefficient (Wildman–Crippen LogP) is 3.98. The Morgan fingerprint density at radius 2 is 1.69 bits per heavy atom. The standard InChI is InChI=1S/C20H21NO4S/c1-21-10-8-16-14(6-5-7-17(16)21)9-11-26(22)15-12-18(23-2)20(25-4)19(13-15)24-3/h5-13H,1-4H3/b11-9+. The molecule has 136 valence electrons. The molecule has 3 aromatic rings.